The van der Waals surface area contributed by atoms with Gasteiger partial charge in [0, 0.05) is 19.4 Å². The van der Waals surface area contributed by atoms with Gasteiger partial charge in [-0.1, -0.05) is 11.6 Å². The lowest BCUT2D eigenvalue weighted by molar-refractivity contribution is 0.102. The zero-order valence-corrected chi connectivity index (χ0v) is 11.2. The topological polar surface area (TPSA) is 97.9 Å². The summed E-state index contributed by atoms with van der Waals surface area (Å²) in [4.78, 5) is 16.0. The summed E-state index contributed by atoms with van der Waals surface area (Å²) in [7, 11) is 1.78. The molecule has 0 aliphatic heterocycles. The Balaban J connectivity index is 2.20. The van der Waals surface area contributed by atoms with Crippen LogP contribution in [0.5, 0.6) is 0 Å². The van der Waals surface area contributed by atoms with Gasteiger partial charge in [-0.05, 0) is 13.0 Å². The number of nitrogens with one attached hydrogen (secondary N) is 2. The standard InChI is InChI=1S/C11H13ClN6O/c1-6-9(5-18(2)17-6)15-11(19)7-3-8(12)10(16-13)14-4-7/h3-5H,13H2,1-2H3,(H,14,16)(H,15,19). The zero-order chi connectivity index (χ0) is 14.0. The number of hydrogen-bond donors (Lipinski definition) is 3. The molecule has 1 amide bonds. The van der Waals surface area contributed by atoms with E-state index in [2.05, 4.69) is 20.8 Å². The molecule has 19 heavy (non-hydrogen) atoms. The fraction of sp³-hybridized carbons (Fsp3) is 0.182. The van der Waals surface area contributed by atoms with Crippen molar-refractivity contribution in [3.63, 3.8) is 0 Å². The molecule has 0 spiro atoms. The number of pyridine rings is 1. The van der Waals surface area contributed by atoms with Gasteiger partial charge in [0.15, 0.2) is 5.82 Å². The van der Waals surface area contributed by atoms with E-state index in [0.29, 0.717) is 17.1 Å². The van der Waals surface area contributed by atoms with E-state index in [0.717, 1.165) is 5.69 Å². The summed E-state index contributed by atoms with van der Waals surface area (Å²) in [6.45, 7) is 1.81. The molecular formula is C11H13ClN6O. The molecule has 0 saturated carbocycles. The van der Waals surface area contributed by atoms with E-state index in [1.807, 2.05) is 6.92 Å². The molecule has 0 atom stereocenters. The van der Waals surface area contributed by atoms with Gasteiger partial charge in [0.05, 0.1) is 22.0 Å². The molecule has 0 saturated heterocycles. The summed E-state index contributed by atoms with van der Waals surface area (Å²) in [5.74, 6) is 5.22. The molecule has 0 aliphatic rings. The summed E-state index contributed by atoms with van der Waals surface area (Å²) in [6.07, 6.45) is 3.11. The number of hydrazine groups is 1. The van der Waals surface area contributed by atoms with E-state index in [1.165, 1.54) is 12.3 Å². The van der Waals surface area contributed by atoms with Gasteiger partial charge in [-0.25, -0.2) is 10.8 Å². The summed E-state index contributed by atoms with van der Waals surface area (Å²) >= 11 is 5.91. The molecule has 2 aromatic heterocycles. The van der Waals surface area contributed by atoms with Crippen molar-refractivity contribution in [1.29, 1.82) is 0 Å². The van der Waals surface area contributed by atoms with Crippen LogP contribution in [0.3, 0.4) is 0 Å². The molecule has 0 aromatic carbocycles. The Morgan fingerprint density at radius 1 is 1.53 bits per heavy atom. The minimum absolute atomic E-state index is 0.276. The van der Waals surface area contributed by atoms with Crippen molar-refractivity contribution in [1.82, 2.24) is 14.8 Å². The highest BCUT2D eigenvalue weighted by atomic mass is 35.5. The van der Waals surface area contributed by atoms with Crippen LogP contribution in [-0.2, 0) is 7.05 Å². The van der Waals surface area contributed by atoms with Gasteiger partial charge in [0.2, 0.25) is 0 Å². The third kappa shape index (κ3) is 2.83. The number of hydrogen-bond acceptors (Lipinski definition) is 5. The van der Waals surface area contributed by atoms with Crippen LogP contribution < -0.4 is 16.6 Å². The van der Waals surface area contributed by atoms with Crippen LogP contribution >= 0.6 is 11.6 Å². The van der Waals surface area contributed by atoms with E-state index < -0.39 is 0 Å². The maximum absolute atomic E-state index is 12.0. The Kier molecular flexibility index (Phi) is 3.68. The van der Waals surface area contributed by atoms with Gasteiger partial charge in [-0.2, -0.15) is 5.10 Å². The largest absolute Gasteiger partial charge is 0.319 e. The predicted octanol–water partition coefficient (Wildman–Crippen LogP) is 1.31. The average Bonchev–Trinajstić information content (AvgIpc) is 2.67. The van der Waals surface area contributed by atoms with Crippen LogP contribution in [0.25, 0.3) is 0 Å². The van der Waals surface area contributed by atoms with Crippen molar-refractivity contribution >= 4 is 29.0 Å². The molecule has 100 valence electrons. The van der Waals surface area contributed by atoms with Crippen LogP contribution in [-0.4, -0.2) is 20.7 Å². The maximum Gasteiger partial charge on any atom is 0.257 e. The van der Waals surface area contributed by atoms with Crippen molar-refractivity contribution in [2.24, 2.45) is 12.9 Å². The van der Waals surface area contributed by atoms with Crippen LogP contribution in [0, 0.1) is 6.92 Å². The first-order valence-corrected chi connectivity index (χ1v) is 5.83. The second kappa shape index (κ2) is 5.25. The summed E-state index contributed by atoms with van der Waals surface area (Å²) in [5, 5.41) is 7.15. The van der Waals surface area contributed by atoms with Gasteiger partial charge in [0.25, 0.3) is 5.91 Å². The maximum atomic E-state index is 12.0. The number of nitrogens with zero attached hydrogens (tertiary/aromatic N) is 3. The van der Waals surface area contributed by atoms with Crippen LogP contribution in [0.4, 0.5) is 11.5 Å². The zero-order valence-electron chi connectivity index (χ0n) is 10.4. The lowest BCUT2D eigenvalue weighted by Crippen LogP contribution is -2.14. The first-order valence-electron chi connectivity index (χ1n) is 5.45. The molecule has 0 aliphatic carbocycles. The second-order valence-corrected chi connectivity index (χ2v) is 4.36. The molecule has 2 rings (SSSR count). The Morgan fingerprint density at radius 3 is 2.79 bits per heavy atom. The number of anilines is 2. The van der Waals surface area contributed by atoms with E-state index in [1.54, 1.807) is 17.9 Å². The minimum Gasteiger partial charge on any atom is -0.319 e. The number of nitrogen functional groups attached to an aromatic ring is 1. The third-order valence-corrected chi connectivity index (χ3v) is 2.79. The first kappa shape index (κ1) is 13.3. The fourth-order valence-electron chi connectivity index (χ4n) is 1.59. The van der Waals surface area contributed by atoms with Crippen molar-refractivity contribution in [3.05, 3.63) is 34.7 Å². The lowest BCUT2D eigenvalue weighted by Gasteiger charge is -2.06. The Morgan fingerprint density at radius 2 is 2.26 bits per heavy atom. The Hall–Kier alpha value is -2.12. The SMILES string of the molecule is Cc1nn(C)cc1NC(=O)c1cnc(NN)c(Cl)c1. The van der Waals surface area contributed by atoms with Crippen molar-refractivity contribution < 1.29 is 4.79 Å². The normalized spacial score (nSPS) is 10.3. The monoisotopic (exact) mass is 280 g/mol. The molecular weight excluding hydrogens is 268 g/mol. The smallest absolute Gasteiger partial charge is 0.257 e. The highest BCUT2D eigenvalue weighted by molar-refractivity contribution is 6.33. The van der Waals surface area contributed by atoms with Crippen molar-refractivity contribution in [2.45, 2.75) is 6.92 Å². The summed E-state index contributed by atoms with van der Waals surface area (Å²) in [5.41, 5.74) is 4.05. The van der Waals surface area contributed by atoms with Crippen molar-refractivity contribution in [2.75, 3.05) is 10.7 Å². The van der Waals surface area contributed by atoms with Crippen LogP contribution in [0.1, 0.15) is 16.1 Å². The number of carbonyl (C=O) groups excluding carboxylic acids is 1. The Bertz CT molecular complexity index is 624. The molecule has 0 bridgehead atoms. The van der Waals surface area contributed by atoms with Gasteiger partial charge in [-0.3, -0.25) is 9.48 Å². The molecule has 2 heterocycles. The van der Waals surface area contributed by atoms with E-state index in [-0.39, 0.29) is 10.9 Å². The number of halogens is 1. The van der Waals surface area contributed by atoms with Gasteiger partial charge >= 0.3 is 0 Å². The van der Waals surface area contributed by atoms with Gasteiger partial charge < -0.3 is 10.7 Å². The summed E-state index contributed by atoms with van der Waals surface area (Å²) < 4.78 is 1.62. The third-order valence-electron chi connectivity index (χ3n) is 2.50. The van der Waals surface area contributed by atoms with E-state index >= 15 is 0 Å². The minimum atomic E-state index is -0.311. The molecule has 2 aromatic rings. The van der Waals surface area contributed by atoms with Gasteiger partial charge in [-0.15, -0.1) is 0 Å². The molecule has 7 nitrogen and oxygen atoms in total. The fourth-order valence-corrected chi connectivity index (χ4v) is 1.81. The van der Waals surface area contributed by atoms with E-state index in [9.17, 15) is 4.79 Å². The van der Waals surface area contributed by atoms with Crippen LogP contribution in [0.2, 0.25) is 5.02 Å². The predicted molar refractivity (Wildman–Crippen MR) is 73.0 cm³/mol. The molecule has 4 N–H and O–H groups in total. The second-order valence-electron chi connectivity index (χ2n) is 3.95. The number of aryl methyl sites for hydroxylation is 2. The number of carbonyl (C=O) groups is 1. The molecule has 0 unspecified atom stereocenters. The number of nitrogens with two attached hydrogens (primary N) is 1. The Labute approximate surface area is 114 Å². The molecule has 0 radical (unpaired) electrons. The number of aromatic nitrogens is 3. The molecule has 8 heteroatoms. The number of rotatable bonds is 3. The lowest BCUT2D eigenvalue weighted by atomic mass is 10.2. The number of amides is 1. The highest BCUT2D eigenvalue weighted by Crippen LogP contribution is 2.20. The average molecular weight is 281 g/mol. The van der Waals surface area contributed by atoms with E-state index in [4.69, 9.17) is 17.4 Å². The highest BCUT2D eigenvalue weighted by Gasteiger charge is 2.12. The summed E-state index contributed by atoms with van der Waals surface area (Å²) in [6, 6.07) is 1.49. The molecule has 0 fully saturated rings. The van der Waals surface area contributed by atoms with Crippen molar-refractivity contribution in [3.8, 4) is 0 Å². The van der Waals surface area contributed by atoms with Crippen LogP contribution in [0.15, 0.2) is 18.5 Å². The quantitative estimate of drug-likeness (QED) is 0.582. The van der Waals surface area contributed by atoms with Gasteiger partial charge in [0.1, 0.15) is 0 Å². The first-order chi connectivity index (χ1) is 9.01.